The smallest absolute Gasteiger partial charge is 0.326 e. The Morgan fingerprint density at radius 3 is 1.85 bits per heavy atom. The minimum atomic E-state index is -1.67. The molecule has 1 aliphatic heterocycles. The lowest BCUT2D eigenvalue weighted by Crippen LogP contribution is -2.62. The number of aliphatic hydroxyl groups is 1. The van der Waals surface area contributed by atoms with Crippen molar-refractivity contribution in [1.82, 2.24) is 42.1 Å². The van der Waals surface area contributed by atoms with E-state index in [1.165, 1.54) is 11.8 Å². The summed E-state index contributed by atoms with van der Waals surface area (Å²) in [5.41, 5.74) is 16.0. The highest BCUT2D eigenvalue weighted by molar-refractivity contribution is 7.80. The summed E-state index contributed by atoms with van der Waals surface area (Å²) in [5.74, 6) is -9.82. The number of carbonyl (C=O) groups is 10. The summed E-state index contributed by atoms with van der Waals surface area (Å²) in [4.78, 5) is 130. The topological polar surface area (TPSA) is 377 Å². The van der Waals surface area contributed by atoms with Crippen molar-refractivity contribution in [2.24, 2.45) is 29.0 Å². The Bertz CT molecular complexity index is 1570. The van der Waals surface area contributed by atoms with E-state index in [0.29, 0.717) is 25.8 Å². The number of carbonyl (C=O) groups excluding carboxylic acids is 9. The van der Waals surface area contributed by atoms with E-state index in [2.05, 4.69) is 49.8 Å². The molecule has 9 amide bonds. The van der Waals surface area contributed by atoms with E-state index in [-0.39, 0.29) is 37.5 Å². The number of amides is 9. The quantitative estimate of drug-likeness (QED) is 0.0272. The van der Waals surface area contributed by atoms with E-state index in [1.54, 1.807) is 27.7 Å². The first-order chi connectivity index (χ1) is 28.6. The Morgan fingerprint density at radius 2 is 1.33 bits per heavy atom. The first-order valence-electron chi connectivity index (χ1n) is 20.2. The number of carboxylic acids is 1. The van der Waals surface area contributed by atoms with Gasteiger partial charge < -0.3 is 69.5 Å². The number of nitrogens with two attached hydrogens (primary N) is 3. The standard InChI is InChI=1S/C37H65N11O12S/c1-18(2)13-23(36(58)48-12-8-10-25(48)33(55)45-24(17-61)32(54)43-21(37(59)60)9-6-7-11-38)44-35(57)30(20(5)49)47-34(56)29(19(3)4)46-31(53)22(14-26(40)50)42-28(52)16-41-27(51)15-39/h18-25,29-30,49,61H,6-17,38-39H2,1-5H3,(H2,40,50)(H,41,51)(H,42,52)(H,43,54)(H,44,57)(H,45,55)(H,46,53)(H,47,56)(H,59,60)/t20-,21+,22+,23+,24+,25+,29+,30+/m1/s1. The lowest BCUT2D eigenvalue weighted by molar-refractivity contribution is -0.144. The van der Waals surface area contributed by atoms with E-state index in [0.717, 1.165) is 0 Å². The van der Waals surface area contributed by atoms with Crippen LogP contribution in [-0.4, -0.2) is 155 Å². The fourth-order valence-electron chi connectivity index (χ4n) is 6.29. The molecule has 0 spiro atoms. The van der Waals surface area contributed by atoms with Crippen LogP contribution in [0.2, 0.25) is 0 Å². The van der Waals surface area contributed by atoms with Crippen LogP contribution in [0.5, 0.6) is 0 Å². The van der Waals surface area contributed by atoms with Gasteiger partial charge in [-0.25, -0.2) is 4.79 Å². The molecule has 0 aliphatic carbocycles. The molecule has 0 aromatic rings. The van der Waals surface area contributed by atoms with Gasteiger partial charge in [-0.3, -0.25) is 43.2 Å². The van der Waals surface area contributed by atoms with Crippen LogP contribution in [0, 0.1) is 11.8 Å². The molecule has 1 rings (SSSR count). The molecule has 15 N–H and O–H groups in total. The SMILES string of the molecule is CC(C)C[C@H](NC(=O)[C@@H](NC(=O)[C@@H](NC(=O)[C@H](CC(N)=O)NC(=O)CNC(=O)CN)C(C)C)[C@@H](C)O)C(=O)N1CCC[C@H]1C(=O)N[C@@H](CS)C(=O)N[C@@H](CCCCN)C(=O)O. The monoisotopic (exact) mass is 887 g/mol. The molecule has 0 radical (unpaired) electrons. The molecular formula is C37H65N11O12S. The highest BCUT2D eigenvalue weighted by atomic mass is 32.1. The molecule has 0 saturated carbocycles. The van der Waals surface area contributed by atoms with Crippen LogP contribution in [-0.2, 0) is 47.9 Å². The summed E-state index contributed by atoms with van der Waals surface area (Å²) in [6, 6.07) is -9.40. The number of rotatable bonds is 27. The fourth-order valence-corrected chi connectivity index (χ4v) is 6.54. The Balaban J connectivity index is 3.19. The van der Waals surface area contributed by atoms with Crippen LogP contribution in [0.25, 0.3) is 0 Å². The van der Waals surface area contributed by atoms with Crippen molar-refractivity contribution >= 4 is 71.8 Å². The number of carboxylic acid groups (broad SMARTS) is 1. The van der Waals surface area contributed by atoms with Crippen molar-refractivity contribution < 1.29 is 58.2 Å². The Kier molecular flexibility index (Phi) is 23.9. The first kappa shape index (κ1) is 53.9. The van der Waals surface area contributed by atoms with E-state index in [9.17, 15) is 58.2 Å². The molecule has 0 aromatic carbocycles. The molecule has 1 heterocycles. The normalized spacial score (nSPS) is 17.1. The second-order valence-electron chi connectivity index (χ2n) is 15.5. The van der Waals surface area contributed by atoms with Gasteiger partial charge in [0.25, 0.3) is 0 Å². The van der Waals surface area contributed by atoms with Crippen LogP contribution >= 0.6 is 12.6 Å². The van der Waals surface area contributed by atoms with Crippen molar-refractivity contribution in [3.8, 4) is 0 Å². The summed E-state index contributed by atoms with van der Waals surface area (Å²) in [6.45, 7) is 7.36. The van der Waals surface area contributed by atoms with Crippen molar-refractivity contribution in [2.75, 3.05) is 31.9 Å². The van der Waals surface area contributed by atoms with E-state index in [1.807, 2.05) is 0 Å². The number of nitrogens with zero attached hydrogens (tertiary/aromatic N) is 1. The predicted octanol–water partition coefficient (Wildman–Crippen LogP) is -4.94. The molecule has 23 nitrogen and oxygen atoms in total. The number of aliphatic hydroxyl groups excluding tert-OH is 1. The maximum atomic E-state index is 14.1. The Morgan fingerprint density at radius 1 is 0.738 bits per heavy atom. The van der Waals surface area contributed by atoms with Gasteiger partial charge in [0.15, 0.2) is 0 Å². The summed E-state index contributed by atoms with van der Waals surface area (Å²) >= 11 is 4.16. The van der Waals surface area contributed by atoms with Crippen molar-refractivity contribution in [2.45, 2.75) is 128 Å². The lowest BCUT2D eigenvalue weighted by Gasteiger charge is -2.32. The van der Waals surface area contributed by atoms with E-state index >= 15 is 0 Å². The highest BCUT2D eigenvalue weighted by Crippen LogP contribution is 2.21. The third-order valence-electron chi connectivity index (χ3n) is 9.54. The first-order valence-corrected chi connectivity index (χ1v) is 20.8. The molecular weight excluding hydrogens is 823 g/mol. The lowest BCUT2D eigenvalue weighted by atomic mass is 10.00. The average molecular weight is 888 g/mol. The molecule has 0 bridgehead atoms. The van der Waals surface area contributed by atoms with Gasteiger partial charge in [-0.1, -0.05) is 27.7 Å². The van der Waals surface area contributed by atoms with Crippen LogP contribution < -0.4 is 54.4 Å². The summed E-state index contributed by atoms with van der Waals surface area (Å²) in [7, 11) is 0. The zero-order valence-electron chi connectivity index (χ0n) is 35.4. The second-order valence-corrected chi connectivity index (χ2v) is 15.9. The Hall–Kier alpha value is -5.07. The number of aliphatic carboxylic acids is 1. The summed E-state index contributed by atoms with van der Waals surface area (Å²) in [5, 5.41) is 37.1. The van der Waals surface area contributed by atoms with Crippen LogP contribution in [0.3, 0.4) is 0 Å². The maximum Gasteiger partial charge on any atom is 0.326 e. The molecule has 24 heteroatoms. The molecule has 1 aliphatic rings. The maximum absolute atomic E-state index is 14.1. The van der Waals surface area contributed by atoms with Gasteiger partial charge in [-0.2, -0.15) is 12.6 Å². The number of likely N-dealkylation sites (tertiary alicyclic amines) is 1. The largest absolute Gasteiger partial charge is 0.480 e. The third kappa shape index (κ3) is 18.6. The number of nitrogens with one attached hydrogen (secondary N) is 7. The fraction of sp³-hybridized carbons (Fsp3) is 0.730. The molecule has 1 fully saturated rings. The van der Waals surface area contributed by atoms with Gasteiger partial charge in [0.1, 0.15) is 42.3 Å². The summed E-state index contributed by atoms with van der Waals surface area (Å²) in [6.07, 6.45) is -0.412. The second kappa shape index (κ2) is 27.0. The number of thiol groups is 1. The van der Waals surface area contributed by atoms with Crippen molar-refractivity contribution in [1.29, 1.82) is 0 Å². The number of hydrogen-bond acceptors (Lipinski definition) is 14. The molecule has 1 saturated heterocycles. The third-order valence-corrected chi connectivity index (χ3v) is 9.90. The predicted molar refractivity (Wildman–Crippen MR) is 223 cm³/mol. The average Bonchev–Trinajstić information content (AvgIpc) is 3.68. The zero-order chi connectivity index (χ0) is 46.6. The molecule has 61 heavy (non-hydrogen) atoms. The van der Waals surface area contributed by atoms with E-state index < -0.39 is 133 Å². The van der Waals surface area contributed by atoms with Gasteiger partial charge >= 0.3 is 5.97 Å². The molecule has 0 unspecified atom stereocenters. The van der Waals surface area contributed by atoms with Crippen molar-refractivity contribution in [3.63, 3.8) is 0 Å². The van der Waals surface area contributed by atoms with Gasteiger partial charge in [-0.05, 0) is 63.8 Å². The zero-order valence-corrected chi connectivity index (χ0v) is 36.3. The van der Waals surface area contributed by atoms with Gasteiger partial charge in [-0.15, -0.1) is 0 Å². The van der Waals surface area contributed by atoms with Crippen LogP contribution in [0.4, 0.5) is 0 Å². The van der Waals surface area contributed by atoms with Gasteiger partial charge in [0.2, 0.25) is 53.2 Å². The van der Waals surface area contributed by atoms with Crippen LogP contribution in [0.1, 0.15) is 79.6 Å². The van der Waals surface area contributed by atoms with Crippen molar-refractivity contribution in [3.05, 3.63) is 0 Å². The minimum absolute atomic E-state index is 0.0752. The molecule has 8 atom stereocenters. The Labute approximate surface area is 360 Å². The number of primary amides is 1. The van der Waals surface area contributed by atoms with E-state index in [4.69, 9.17) is 17.2 Å². The minimum Gasteiger partial charge on any atom is -0.480 e. The molecule has 346 valence electrons. The van der Waals surface area contributed by atoms with Gasteiger partial charge in [0.05, 0.1) is 25.6 Å². The van der Waals surface area contributed by atoms with Gasteiger partial charge in [0, 0.05) is 12.3 Å². The number of unbranched alkanes of at least 4 members (excludes halogenated alkanes) is 1. The molecule has 0 aromatic heterocycles. The number of hydrogen-bond donors (Lipinski definition) is 13. The van der Waals surface area contributed by atoms with Crippen LogP contribution in [0.15, 0.2) is 0 Å². The summed E-state index contributed by atoms with van der Waals surface area (Å²) < 4.78 is 0. The highest BCUT2D eigenvalue weighted by Gasteiger charge is 2.41.